The van der Waals surface area contributed by atoms with Gasteiger partial charge in [0, 0.05) is 51.5 Å². The lowest BCUT2D eigenvalue weighted by Gasteiger charge is -2.30. The Balaban J connectivity index is 1.63. The standard InChI is InChI=1S/C24H34FN3O5/c1-2-30-17-18(29)14-27(15-19-6-5-11-32-19)16-21-23(20-7-3-4-8-22(20)25)26-33-24(21)28-9-12-31-13-10-28/h3-4,7-8,18-19,29H,2,5-6,9-17H2,1H3/t18-,19+/m0/s1. The summed E-state index contributed by atoms with van der Waals surface area (Å²) in [5.41, 5.74) is 1.71. The Labute approximate surface area is 194 Å². The molecule has 9 heteroatoms. The lowest BCUT2D eigenvalue weighted by atomic mass is 10.1. The highest BCUT2D eigenvalue weighted by atomic mass is 19.1. The topological polar surface area (TPSA) is 80.4 Å². The summed E-state index contributed by atoms with van der Waals surface area (Å²) < 4.78 is 37.3. The molecule has 1 aromatic heterocycles. The Morgan fingerprint density at radius 2 is 2.09 bits per heavy atom. The number of benzene rings is 1. The van der Waals surface area contributed by atoms with Crippen LogP contribution in [0.2, 0.25) is 0 Å². The van der Waals surface area contributed by atoms with E-state index in [-0.39, 0.29) is 18.5 Å². The van der Waals surface area contributed by atoms with Crippen LogP contribution in [0.5, 0.6) is 0 Å². The first-order valence-electron chi connectivity index (χ1n) is 11.8. The molecule has 8 nitrogen and oxygen atoms in total. The number of aliphatic hydroxyl groups is 1. The van der Waals surface area contributed by atoms with Crippen molar-refractivity contribution in [2.24, 2.45) is 0 Å². The molecule has 0 bridgehead atoms. The van der Waals surface area contributed by atoms with Crippen molar-refractivity contribution in [3.63, 3.8) is 0 Å². The summed E-state index contributed by atoms with van der Waals surface area (Å²) in [7, 11) is 0. The summed E-state index contributed by atoms with van der Waals surface area (Å²) in [6.45, 7) is 7.54. The van der Waals surface area contributed by atoms with Gasteiger partial charge in [0.05, 0.1) is 37.6 Å². The lowest BCUT2D eigenvalue weighted by molar-refractivity contribution is 0.00517. The van der Waals surface area contributed by atoms with Crippen LogP contribution in [0.3, 0.4) is 0 Å². The van der Waals surface area contributed by atoms with Gasteiger partial charge in [-0.3, -0.25) is 4.90 Å². The fourth-order valence-electron chi connectivity index (χ4n) is 4.43. The Kier molecular flexibility index (Phi) is 8.69. The van der Waals surface area contributed by atoms with Gasteiger partial charge in [0.15, 0.2) is 0 Å². The molecule has 1 N–H and O–H groups in total. The molecule has 0 aliphatic carbocycles. The monoisotopic (exact) mass is 463 g/mol. The number of aromatic nitrogens is 1. The van der Waals surface area contributed by atoms with E-state index in [0.717, 1.165) is 25.0 Å². The van der Waals surface area contributed by atoms with E-state index in [2.05, 4.69) is 15.0 Å². The largest absolute Gasteiger partial charge is 0.389 e. The second kappa shape index (κ2) is 11.9. The molecule has 0 saturated carbocycles. The average molecular weight is 464 g/mol. The molecule has 1 aromatic carbocycles. The highest BCUT2D eigenvalue weighted by Gasteiger charge is 2.29. The van der Waals surface area contributed by atoms with Crippen LogP contribution in [-0.2, 0) is 20.8 Å². The molecule has 182 valence electrons. The Morgan fingerprint density at radius 3 is 2.82 bits per heavy atom. The molecule has 2 atom stereocenters. The zero-order valence-corrected chi connectivity index (χ0v) is 19.2. The van der Waals surface area contributed by atoms with Crippen LogP contribution in [-0.4, -0.2) is 86.6 Å². The maximum absolute atomic E-state index is 14.7. The highest BCUT2D eigenvalue weighted by molar-refractivity contribution is 5.68. The number of ether oxygens (including phenoxy) is 3. The van der Waals surface area contributed by atoms with Crippen molar-refractivity contribution < 1.29 is 28.2 Å². The second-order valence-electron chi connectivity index (χ2n) is 8.54. The van der Waals surface area contributed by atoms with Gasteiger partial charge < -0.3 is 28.7 Å². The zero-order chi connectivity index (χ0) is 23.0. The smallest absolute Gasteiger partial charge is 0.232 e. The maximum Gasteiger partial charge on any atom is 0.232 e. The summed E-state index contributed by atoms with van der Waals surface area (Å²) in [6, 6.07) is 6.60. The van der Waals surface area contributed by atoms with Crippen molar-refractivity contribution in [1.29, 1.82) is 0 Å². The molecule has 0 unspecified atom stereocenters. The average Bonchev–Trinajstić information content (AvgIpc) is 3.49. The molecule has 2 aliphatic heterocycles. The molecule has 2 aromatic rings. The van der Waals surface area contributed by atoms with Crippen molar-refractivity contribution in [3.05, 3.63) is 35.6 Å². The van der Waals surface area contributed by atoms with Crippen LogP contribution in [0, 0.1) is 5.82 Å². The molecule has 2 aliphatic rings. The van der Waals surface area contributed by atoms with E-state index >= 15 is 0 Å². The summed E-state index contributed by atoms with van der Waals surface area (Å²) in [5.74, 6) is 0.288. The first-order valence-corrected chi connectivity index (χ1v) is 11.8. The number of hydrogen-bond donors (Lipinski definition) is 1. The molecule has 2 saturated heterocycles. The molecule has 0 amide bonds. The predicted octanol–water partition coefficient (Wildman–Crippen LogP) is 2.70. The first kappa shape index (κ1) is 24.1. The molecule has 0 radical (unpaired) electrons. The van der Waals surface area contributed by atoms with Crippen LogP contribution >= 0.6 is 0 Å². The minimum atomic E-state index is -0.644. The SMILES string of the molecule is CCOC[C@@H](O)CN(Cc1c(-c2ccccc2F)noc1N1CCOCC1)C[C@H]1CCCO1. The van der Waals surface area contributed by atoms with Gasteiger partial charge in [-0.05, 0) is 31.9 Å². The van der Waals surface area contributed by atoms with E-state index in [1.807, 2.05) is 6.92 Å². The fourth-order valence-corrected chi connectivity index (χ4v) is 4.43. The highest BCUT2D eigenvalue weighted by Crippen LogP contribution is 2.34. The molecular weight excluding hydrogens is 429 g/mol. The summed E-state index contributed by atoms with van der Waals surface area (Å²) in [4.78, 5) is 4.23. The number of morpholine rings is 1. The van der Waals surface area contributed by atoms with Gasteiger partial charge in [-0.2, -0.15) is 0 Å². The van der Waals surface area contributed by atoms with Gasteiger partial charge >= 0.3 is 0 Å². The van der Waals surface area contributed by atoms with Crippen LogP contribution in [0.4, 0.5) is 10.3 Å². The Morgan fingerprint density at radius 1 is 1.27 bits per heavy atom. The van der Waals surface area contributed by atoms with E-state index < -0.39 is 6.10 Å². The molecule has 4 rings (SSSR count). The predicted molar refractivity (Wildman–Crippen MR) is 122 cm³/mol. The summed E-state index contributed by atoms with van der Waals surface area (Å²) >= 11 is 0. The van der Waals surface area contributed by atoms with Crippen molar-refractivity contribution in [2.75, 3.05) is 64.1 Å². The van der Waals surface area contributed by atoms with E-state index in [4.69, 9.17) is 18.7 Å². The molecule has 33 heavy (non-hydrogen) atoms. The first-order chi connectivity index (χ1) is 16.2. The van der Waals surface area contributed by atoms with Crippen molar-refractivity contribution >= 4 is 5.88 Å². The van der Waals surface area contributed by atoms with Crippen molar-refractivity contribution in [2.45, 2.75) is 38.5 Å². The van der Waals surface area contributed by atoms with Gasteiger partial charge in [-0.25, -0.2) is 4.39 Å². The molecule has 0 spiro atoms. The Hall–Kier alpha value is -2.04. The lowest BCUT2D eigenvalue weighted by Crippen LogP contribution is -2.40. The third-order valence-electron chi connectivity index (χ3n) is 6.05. The van der Waals surface area contributed by atoms with Gasteiger partial charge in [0.2, 0.25) is 5.88 Å². The summed E-state index contributed by atoms with van der Waals surface area (Å²) in [6.07, 6.45) is 1.48. The fraction of sp³-hybridized carbons (Fsp3) is 0.625. The van der Waals surface area contributed by atoms with Gasteiger partial charge in [-0.15, -0.1) is 0 Å². The minimum Gasteiger partial charge on any atom is -0.389 e. The Bertz CT molecular complexity index is 868. The number of rotatable bonds is 11. The molecule has 3 heterocycles. The molecule has 2 fully saturated rings. The van der Waals surface area contributed by atoms with Crippen LogP contribution in [0.15, 0.2) is 28.8 Å². The van der Waals surface area contributed by atoms with Gasteiger partial charge in [0.1, 0.15) is 11.5 Å². The number of hydrogen-bond acceptors (Lipinski definition) is 8. The van der Waals surface area contributed by atoms with E-state index in [9.17, 15) is 9.50 Å². The maximum atomic E-state index is 14.7. The number of anilines is 1. The number of halogens is 1. The van der Waals surface area contributed by atoms with Gasteiger partial charge in [0.25, 0.3) is 0 Å². The van der Waals surface area contributed by atoms with Crippen molar-refractivity contribution in [3.8, 4) is 11.3 Å². The van der Waals surface area contributed by atoms with E-state index in [0.29, 0.717) is 69.7 Å². The second-order valence-corrected chi connectivity index (χ2v) is 8.54. The normalized spacial score (nSPS) is 20.0. The third-order valence-corrected chi connectivity index (χ3v) is 6.05. The van der Waals surface area contributed by atoms with Gasteiger partial charge in [-0.1, -0.05) is 17.3 Å². The number of nitrogens with zero attached hydrogens (tertiary/aromatic N) is 3. The quantitative estimate of drug-likeness (QED) is 0.545. The van der Waals surface area contributed by atoms with E-state index in [1.165, 1.54) is 6.07 Å². The number of aliphatic hydroxyl groups excluding tert-OH is 1. The van der Waals surface area contributed by atoms with Crippen LogP contribution < -0.4 is 4.90 Å². The van der Waals surface area contributed by atoms with E-state index in [1.54, 1.807) is 18.2 Å². The van der Waals surface area contributed by atoms with Crippen molar-refractivity contribution in [1.82, 2.24) is 10.1 Å². The zero-order valence-electron chi connectivity index (χ0n) is 19.2. The van der Waals surface area contributed by atoms with Crippen LogP contribution in [0.1, 0.15) is 25.3 Å². The summed E-state index contributed by atoms with van der Waals surface area (Å²) in [5, 5.41) is 14.9. The minimum absolute atomic E-state index is 0.105. The molecular formula is C24H34FN3O5. The van der Waals surface area contributed by atoms with Crippen LogP contribution in [0.25, 0.3) is 11.3 Å². The third kappa shape index (κ3) is 6.30.